The van der Waals surface area contributed by atoms with Gasteiger partial charge in [0.05, 0.1) is 12.1 Å². The smallest absolute Gasteiger partial charge is 0.0560 e. The van der Waals surface area contributed by atoms with Gasteiger partial charge in [0.1, 0.15) is 0 Å². The lowest BCUT2D eigenvalue weighted by molar-refractivity contribution is -0.0186. The average molecular weight is 597 g/mol. The van der Waals surface area contributed by atoms with Crippen LogP contribution in [-0.4, -0.2) is 34.8 Å². The summed E-state index contributed by atoms with van der Waals surface area (Å²) in [5.74, 6) is 3.27. The van der Waals surface area contributed by atoms with Gasteiger partial charge >= 0.3 is 0 Å². The quantitative estimate of drug-likeness (QED) is 0.317. The molecule has 2 aromatic rings. The molecule has 0 N–H and O–H groups in total. The van der Waals surface area contributed by atoms with Gasteiger partial charge in [-0.15, -0.1) is 0 Å². The SMILES string of the molecule is C[C@H](c1ccccc1)N1[C@@H]([C@H]2C3=C([C@H]4C[C@@H](C3)C4(C)C)[P@](C)N2[C@H](C)c2ccccc2)C2=C(C[C@H]3C[C@@H]2C3(C)C)[P@@]1C. The first-order valence-electron chi connectivity index (χ1n) is 16.6. The molecule has 0 spiro atoms. The van der Waals surface area contributed by atoms with Crippen LogP contribution in [0.15, 0.2) is 82.4 Å². The first-order chi connectivity index (χ1) is 20.0. The molecule has 6 aliphatic carbocycles. The maximum atomic E-state index is 3.10. The Balaban J connectivity index is 1.31. The van der Waals surface area contributed by atoms with E-state index in [-0.39, 0.29) is 16.1 Å². The number of rotatable bonds is 5. The van der Waals surface area contributed by atoms with Crippen molar-refractivity contribution in [1.82, 2.24) is 9.34 Å². The van der Waals surface area contributed by atoms with Crippen LogP contribution >= 0.6 is 16.1 Å². The summed E-state index contributed by atoms with van der Waals surface area (Å²) in [5, 5.41) is 3.80. The minimum absolute atomic E-state index is 0.321. The predicted octanol–water partition coefficient (Wildman–Crippen LogP) is 10.6. The Labute approximate surface area is 257 Å². The Morgan fingerprint density at radius 1 is 0.667 bits per heavy atom. The van der Waals surface area contributed by atoms with Gasteiger partial charge in [0, 0.05) is 12.1 Å². The van der Waals surface area contributed by atoms with Crippen LogP contribution in [0.5, 0.6) is 0 Å². The third kappa shape index (κ3) is 3.65. The second kappa shape index (κ2) is 9.60. The summed E-state index contributed by atoms with van der Waals surface area (Å²) in [4.78, 5) is 0. The maximum absolute atomic E-state index is 3.10. The molecule has 2 aromatic carbocycles. The zero-order valence-electron chi connectivity index (χ0n) is 27.0. The molecule has 10 rings (SSSR count). The van der Waals surface area contributed by atoms with Crippen LogP contribution < -0.4 is 0 Å². The fourth-order valence-corrected chi connectivity index (χ4v) is 16.4. The van der Waals surface area contributed by atoms with E-state index in [9.17, 15) is 0 Å². The molecule has 222 valence electrons. The van der Waals surface area contributed by atoms with Crippen LogP contribution in [0.25, 0.3) is 0 Å². The highest BCUT2D eigenvalue weighted by molar-refractivity contribution is 7.60. The normalized spacial score (nSPS) is 39.3. The number of hydrogen-bond donors (Lipinski definition) is 0. The van der Waals surface area contributed by atoms with Crippen molar-refractivity contribution in [1.29, 1.82) is 0 Å². The minimum Gasteiger partial charge on any atom is -0.263 e. The molecule has 0 amide bonds. The largest absolute Gasteiger partial charge is 0.263 e. The standard InChI is InChI=1S/C38H50N2P2/c1-23(25-15-11-9-12-16-25)39-34(29-19-27-21-31(38(27,5)6)36(29)42(39)8)35-33-30-20-28(37(30,3)4)22-32(33)41(7)40(35)24(2)26-17-13-10-14-18-26/h9-18,23-24,27-28,30-31,34-35H,19-22H2,1-8H3/t23-,24-,27-,28-,30+,31-,34-,35-,41-,42+/m1/s1. The van der Waals surface area contributed by atoms with E-state index in [1.165, 1.54) is 36.8 Å². The molecule has 0 saturated heterocycles. The molecule has 2 fully saturated rings. The van der Waals surface area contributed by atoms with E-state index in [2.05, 4.69) is 125 Å². The Kier molecular flexibility index (Phi) is 6.44. The summed E-state index contributed by atoms with van der Waals surface area (Å²) in [6, 6.07) is 24.8. The molecule has 2 aliphatic heterocycles. The average Bonchev–Trinajstić information content (AvgIpc) is 3.47. The highest BCUT2D eigenvalue weighted by Gasteiger charge is 2.65. The molecule has 2 saturated carbocycles. The van der Waals surface area contributed by atoms with Gasteiger partial charge in [-0.2, -0.15) is 0 Å². The van der Waals surface area contributed by atoms with Crippen molar-refractivity contribution < 1.29 is 0 Å². The van der Waals surface area contributed by atoms with Crippen molar-refractivity contribution in [2.45, 2.75) is 91.4 Å². The van der Waals surface area contributed by atoms with Crippen molar-refractivity contribution in [3.8, 4) is 0 Å². The van der Waals surface area contributed by atoms with Crippen LogP contribution in [0.2, 0.25) is 0 Å². The number of nitrogens with zero attached hydrogens (tertiary/aromatic N) is 2. The number of allylic oxidation sites excluding steroid dienone is 2. The molecule has 2 nitrogen and oxygen atoms in total. The summed E-state index contributed by atoms with van der Waals surface area (Å²) in [7, 11) is -0.671. The zero-order chi connectivity index (χ0) is 29.3. The number of benzene rings is 2. The van der Waals surface area contributed by atoms with Crippen molar-refractivity contribution in [3.05, 3.63) is 93.6 Å². The van der Waals surface area contributed by atoms with E-state index in [1.54, 1.807) is 0 Å². The predicted molar refractivity (Wildman–Crippen MR) is 181 cm³/mol. The van der Waals surface area contributed by atoms with Crippen LogP contribution in [0.3, 0.4) is 0 Å². The molecule has 4 bridgehead atoms. The Bertz CT molecular complexity index is 1460. The third-order valence-corrected chi connectivity index (χ3v) is 18.6. The highest BCUT2D eigenvalue weighted by atomic mass is 31.1. The maximum Gasteiger partial charge on any atom is 0.0560 e. The molecular formula is C38H50N2P2. The third-order valence-electron chi connectivity index (χ3n) is 13.5. The fraction of sp³-hybridized carbons (Fsp3) is 0.579. The molecule has 42 heavy (non-hydrogen) atoms. The van der Waals surface area contributed by atoms with Crippen molar-refractivity contribution in [2.75, 3.05) is 13.3 Å². The molecule has 8 aliphatic rings. The molecule has 0 radical (unpaired) electrons. The van der Waals surface area contributed by atoms with Gasteiger partial charge in [0.2, 0.25) is 0 Å². The lowest BCUT2D eigenvalue weighted by Gasteiger charge is -2.59. The zero-order valence-corrected chi connectivity index (χ0v) is 28.8. The van der Waals surface area contributed by atoms with Gasteiger partial charge in [0.15, 0.2) is 0 Å². The van der Waals surface area contributed by atoms with E-state index in [0.717, 1.165) is 23.7 Å². The Morgan fingerprint density at radius 3 is 1.71 bits per heavy atom. The highest BCUT2D eigenvalue weighted by Crippen LogP contribution is 2.78. The first-order valence-corrected chi connectivity index (χ1v) is 20.1. The lowest BCUT2D eigenvalue weighted by Crippen LogP contribution is -2.55. The summed E-state index contributed by atoms with van der Waals surface area (Å²) in [5.41, 5.74) is 7.69. The summed E-state index contributed by atoms with van der Waals surface area (Å²) in [6.07, 6.45) is 5.53. The molecule has 0 aromatic heterocycles. The van der Waals surface area contributed by atoms with Crippen LogP contribution in [0.4, 0.5) is 0 Å². The van der Waals surface area contributed by atoms with E-state index < -0.39 is 0 Å². The first kappa shape index (κ1) is 28.2. The molecular weight excluding hydrogens is 546 g/mol. The second-order valence-electron chi connectivity index (χ2n) is 15.7. The van der Waals surface area contributed by atoms with Crippen LogP contribution in [0.1, 0.15) is 90.4 Å². The lowest BCUT2D eigenvalue weighted by atomic mass is 9.47. The topological polar surface area (TPSA) is 6.48 Å². The van der Waals surface area contributed by atoms with Crippen LogP contribution in [0, 0.1) is 34.5 Å². The monoisotopic (exact) mass is 596 g/mol. The van der Waals surface area contributed by atoms with E-state index in [1.807, 2.05) is 21.8 Å². The van der Waals surface area contributed by atoms with Gasteiger partial charge in [0.25, 0.3) is 0 Å². The molecule has 2 heterocycles. The van der Waals surface area contributed by atoms with Crippen LogP contribution in [-0.2, 0) is 0 Å². The second-order valence-corrected chi connectivity index (χ2v) is 19.7. The van der Waals surface area contributed by atoms with E-state index in [4.69, 9.17) is 0 Å². The van der Waals surface area contributed by atoms with E-state index in [0.29, 0.717) is 35.0 Å². The summed E-state index contributed by atoms with van der Waals surface area (Å²) >= 11 is 0. The van der Waals surface area contributed by atoms with Gasteiger partial charge in [-0.25, -0.2) is 0 Å². The molecule has 4 heteroatoms. The molecule has 10 atom stereocenters. The van der Waals surface area contributed by atoms with Gasteiger partial charge in [-0.1, -0.05) is 88.4 Å². The van der Waals surface area contributed by atoms with Crippen molar-refractivity contribution in [3.63, 3.8) is 0 Å². The fourth-order valence-electron chi connectivity index (χ4n) is 10.6. The minimum atomic E-state index is -0.350. The summed E-state index contributed by atoms with van der Waals surface area (Å²) < 4.78 is 6.18. The number of hydrogen-bond acceptors (Lipinski definition) is 2. The van der Waals surface area contributed by atoms with Gasteiger partial charge < -0.3 is 0 Å². The van der Waals surface area contributed by atoms with Gasteiger partial charge in [-0.3, -0.25) is 9.34 Å². The Hall–Kier alpha value is -1.30. The van der Waals surface area contributed by atoms with Crippen molar-refractivity contribution >= 4 is 16.1 Å². The van der Waals surface area contributed by atoms with E-state index >= 15 is 0 Å². The van der Waals surface area contributed by atoms with Gasteiger partial charge in [-0.05, 0) is 136 Å². The van der Waals surface area contributed by atoms with Crippen molar-refractivity contribution in [2.24, 2.45) is 34.5 Å². The Morgan fingerprint density at radius 2 is 1.17 bits per heavy atom. The summed E-state index contributed by atoms with van der Waals surface area (Å²) in [6.45, 7) is 20.7. The molecule has 0 unspecified atom stereocenters.